The summed E-state index contributed by atoms with van der Waals surface area (Å²) in [7, 11) is 0. The maximum absolute atomic E-state index is 7.07. The molecule has 6 rings (SSSR count). The van der Waals surface area contributed by atoms with Crippen LogP contribution in [0.2, 0.25) is 0 Å². The molecule has 344 valence electrons. The van der Waals surface area contributed by atoms with Gasteiger partial charge in [0.1, 0.15) is 23.1 Å². The Hall–Kier alpha value is -3.60. The van der Waals surface area contributed by atoms with Gasteiger partial charge < -0.3 is 4.74 Å². The van der Waals surface area contributed by atoms with Gasteiger partial charge >= 0.3 is 0 Å². The van der Waals surface area contributed by atoms with Crippen molar-refractivity contribution in [3.05, 3.63) is 106 Å². The predicted octanol–water partition coefficient (Wildman–Crippen LogP) is 16.6. The Labute approximate surface area is 384 Å². The summed E-state index contributed by atoms with van der Waals surface area (Å²) in [5, 5.41) is 0. The van der Waals surface area contributed by atoms with E-state index in [-0.39, 0.29) is 0 Å². The van der Waals surface area contributed by atoms with Crippen LogP contribution in [0.5, 0.6) is 11.5 Å². The molecule has 0 unspecified atom stereocenters. The topological polar surface area (TPSA) is 60.8 Å². The maximum Gasteiger partial charge on any atom is 0.131 e. The first kappa shape index (κ1) is 48.8. The average Bonchev–Trinajstić information content (AvgIpc) is 3.31. The van der Waals surface area contributed by atoms with Crippen molar-refractivity contribution in [1.82, 2.24) is 19.9 Å². The second kappa shape index (κ2) is 27.7. The number of ether oxygens (including phenoxy) is 1. The predicted molar refractivity (Wildman–Crippen MR) is 265 cm³/mol. The molecule has 0 spiro atoms. The fourth-order valence-corrected chi connectivity index (χ4v) is 10.6. The third-order valence-corrected chi connectivity index (χ3v) is 14.6. The minimum Gasteiger partial charge on any atom is -0.457 e. The summed E-state index contributed by atoms with van der Waals surface area (Å²) in [5.41, 5.74) is 8.23. The largest absolute Gasteiger partial charge is 0.457 e. The van der Waals surface area contributed by atoms with Gasteiger partial charge in [0.15, 0.2) is 0 Å². The molecule has 5 heteroatoms. The lowest BCUT2D eigenvalue weighted by Gasteiger charge is -2.29. The minimum atomic E-state index is 0.480. The molecule has 0 atom stereocenters. The highest BCUT2D eigenvalue weighted by molar-refractivity contribution is 5.45. The van der Waals surface area contributed by atoms with Crippen molar-refractivity contribution in [1.29, 1.82) is 0 Å². The molecule has 5 nitrogen and oxygen atoms in total. The Morgan fingerprint density at radius 3 is 1.13 bits per heavy atom. The molecule has 0 bridgehead atoms. The molecule has 0 N–H and O–H groups in total. The van der Waals surface area contributed by atoms with Crippen LogP contribution in [0.15, 0.2) is 61.2 Å². The number of rotatable bonds is 28. The van der Waals surface area contributed by atoms with Gasteiger partial charge in [0.2, 0.25) is 0 Å². The van der Waals surface area contributed by atoms with Gasteiger partial charge in [0.05, 0.1) is 0 Å². The molecule has 0 amide bonds. The van der Waals surface area contributed by atoms with Crippen molar-refractivity contribution in [3.63, 3.8) is 0 Å². The van der Waals surface area contributed by atoms with E-state index in [4.69, 9.17) is 24.7 Å². The Balaban J connectivity index is 1.02. The van der Waals surface area contributed by atoms with E-state index < -0.39 is 0 Å². The highest BCUT2D eigenvalue weighted by Gasteiger charge is 2.27. The third kappa shape index (κ3) is 16.4. The molecular formula is C58H86N4O. The summed E-state index contributed by atoms with van der Waals surface area (Å²) in [6, 6.07) is 14.1. The lowest BCUT2D eigenvalue weighted by molar-refractivity contribution is 0.312. The van der Waals surface area contributed by atoms with E-state index in [9.17, 15) is 0 Å². The first-order valence-electron chi connectivity index (χ1n) is 26.6. The van der Waals surface area contributed by atoms with Gasteiger partial charge in [0.25, 0.3) is 0 Å². The summed E-state index contributed by atoms with van der Waals surface area (Å²) >= 11 is 0. The molecular weight excluding hydrogens is 769 g/mol. The van der Waals surface area contributed by atoms with Crippen molar-refractivity contribution in [2.24, 2.45) is 11.8 Å². The van der Waals surface area contributed by atoms with Gasteiger partial charge in [-0.2, -0.15) is 0 Å². The Morgan fingerprint density at radius 1 is 0.397 bits per heavy atom. The van der Waals surface area contributed by atoms with Crippen LogP contribution >= 0.6 is 0 Å². The SMILES string of the molecule is CCCCCCCCCc1cnc([C@H]2CC[C@H](Cc3cc(CCC)ccc3Oc3ccc(CCC)cc3C[C@H]3CC[C@H](c4ncc(CCCCCCCCC)cn4)CC3)CC2)nc1. The van der Waals surface area contributed by atoms with E-state index in [2.05, 4.69) is 88.9 Å². The van der Waals surface area contributed by atoms with E-state index in [1.165, 1.54) is 175 Å². The zero-order valence-electron chi connectivity index (χ0n) is 40.5. The lowest BCUT2D eigenvalue weighted by atomic mass is 9.78. The van der Waals surface area contributed by atoms with E-state index >= 15 is 0 Å². The van der Waals surface area contributed by atoms with Crippen LogP contribution in [0.25, 0.3) is 0 Å². The minimum absolute atomic E-state index is 0.480. The van der Waals surface area contributed by atoms with E-state index in [1.54, 1.807) is 0 Å². The van der Waals surface area contributed by atoms with Crippen molar-refractivity contribution in [2.45, 2.75) is 232 Å². The van der Waals surface area contributed by atoms with Crippen LogP contribution in [-0.4, -0.2) is 19.9 Å². The zero-order valence-corrected chi connectivity index (χ0v) is 40.5. The Kier molecular flexibility index (Phi) is 21.4. The standard InChI is InChI=1S/C58H86N4O/c1-5-9-11-13-15-17-19-23-49-41-59-57(60-42-49)51-31-25-47(26-32-51)39-53-37-45(21-7-3)29-35-55(53)63-56-36-30-46(22-8-4)38-54(56)40-48-27-33-52(34-28-48)58-61-43-50(44-62-58)24-20-18-16-14-12-10-6-2/h29-30,35-38,41-44,47-48,51-52H,5-28,31-34,39-40H2,1-4H3/t47-,48-,51-,52-. The van der Waals surface area contributed by atoms with Crippen LogP contribution in [-0.2, 0) is 38.5 Å². The van der Waals surface area contributed by atoms with Crippen LogP contribution in [0.4, 0.5) is 0 Å². The summed E-state index contributed by atoms with van der Waals surface area (Å²) < 4.78 is 7.07. The fourth-order valence-electron chi connectivity index (χ4n) is 10.6. The highest BCUT2D eigenvalue weighted by atomic mass is 16.5. The van der Waals surface area contributed by atoms with Crippen LogP contribution in [0, 0.1) is 11.8 Å². The molecule has 2 aliphatic carbocycles. The number of aryl methyl sites for hydroxylation is 4. The number of unbranched alkanes of at least 4 members (excludes halogenated alkanes) is 12. The molecule has 2 aromatic heterocycles. The van der Waals surface area contributed by atoms with Crippen LogP contribution < -0.4 is 4.74 Å². The van der Waals surface area contributed by atoms with Gasteiger partial charge in [-0.05, 0) is 160 Å². The number of hydrogen-bond donors (Lipinski definition) is 0. The summed E-state index contributed by atoms with van der Waals surface area (Å²) in [5.74, 6) is 6.51. The molecule has 2 aromatic carbocycles. The lowest BCUT2D eigenvalue weighted by Crippen LogP contribution is -2.18. The number of hydrogen-bond acceptors (Lipinski definition) is 5. The molecule has 0 saturated heterocycles. The molecule has 0 radical (unpaired) electrons. The first-order chi connectivity index (χ1) is 31.0. The van der Waals surface area contributed by atoms with E-state index in [1.807, 2.05) is 0 Å². The molecule has 0 aliphatic heterocycles. The summed E-state index contributed by atoms with van der Waals surface area (Å²) in [6.07, 6.45) is 45.8. The maximum atomic E-state index is 7.07. The van der Waals surface area contributed by atoms with Gasteiger partial charge in [-0.3, -0.25) is 0 Å². The van der Waals surface area contributed by atoms with Crippen molar-refractivity contribution in [2.75, 3.05) is 0 Å². The zero-order chi connectivity index (χ0) is 43.9. The average molecular weight is 855 g/mol. The van der Waals surface area contributed by atoms with E-state index in [0.29, 0.717) is 23.7 Å². The summed E-state index contributed by atoms with van der Waals surface area (Å²) in [6.45, 7) is 9.15. The highest BCUT2D eigenvalue weighted by Crippen LogP contribution is 2.41. The Bertz CT molecular complexity index is 1700. The van der Waals surface area contributed by atoms with Gasteiger partial charge in [0, 0.05) is 36.6 Å². The van der Waals surface area contributed by atoms with Gasteiger partial charge in [-0.1, -0.05) is 142 Å². The summed E-state index contributed by atoms with van der Waals surface area (Å²) in [4.78, 5) is 19.7. The van der Waals surface area contributed by atoms with E-state index in [0.717, 1.165) is 74.5 Å². The Morgan fingerprint density at radius 2 is 0.762 bits per heavy atom. The monoisotopic (exact) mass is 855 g/mol. The molecule has 4 aromatic rings. The van der Waals surface area contributed by atoms with Crippen molar-refractivity contribution < 1.29 is 4.74 Å². The number of nitrogens with zero attached hydrogens (tertiary/aromatic N) is 4. The fraction of sp³-hybridized carbons (Fsp3) is 0.655. The molecule has 2 heterocycles. The van der Waals surface area contributed by atoms with Gasteiger partial charge in [-0.25, -0.2) is 19.9 Å². The molecule has 2 aliphatic rings. The van der Waals surface area contributed by atoms with Crippen LogP contribution in [0.1, 0.15) is 239 Å². The smallest absolute Gasteiger partial charge is 0.131 e. The normalized spacial score (nSPS) is 19.0. The van der Waals surface area contributed by atoms with Gasteiger partial charge in [-0.15, -0.1) is 0 Å². The quantitative estimate of drug-likeness (QED) is 0.0533. The number of aromatic nitrogens is 4. The second-order valence-corrected chi connectivity index (χ2v) is 20.0. The molecule has 2 fully saturated rings. The second-order valence-electron chi connectivity index (χ2n) is 20.0. The first-order valence-corrected chi connectivity index (χ1v) is 26.6. The number of benzene rings is 2. The van der Waals surface area contributed by atoms with Crippen molar-refractivity contribution in [3.8, 4) is 11.5 Å². The molecule has 63 heavy (non-hydrogen) atoms. The molecule has 2 saturated carbocycles. The van der Waals surface area contributed by atoms with Crippen LogP contribution in [0.3, 0.4) is 0 Å². The third-order valence-electron chi connectivity index (χ3n) is 14.6. The van der Waals surface area contributed by atoms with Crippen molar-refractivity contribution >= 4 is 0 Å².